The molecule has 0 heterocycles. The Balaban J connectivity index is 2.63. The van der Waals surface area contributed by atoms with Gasteiger partial charge in [-0.05, 0) is 18.2 Å². The topological polar surface area (TPSA) is 89.3 Å². The number of anilines is 2. The maximum Gasteiger partial charge on any atom is 0.225 e. The van der Waals surface area contributed by atoms with Gasteiger partial charge in [0.2, 0.25) is 5.91 Å². The fourth-order valence-corrected chi connectivity index (χ4v) is 2.20. The number of amides is 1. The third kappa shape index (κ3) is 4.54. The van der Waals surface area contributed by atoms with E-state index in [0.717, 1.165) is 0 Å². The summed E-state index contributed by atoms with van der Waals surface area (Å²) >= 11 is 5.77. The second kappa shape index (κ2) is 6.06. The van der Waals surface area contributed by atoms with Crippen LogP contribution in [0.3, 0.4) is 0 Å². The Labute approximate surface area is 111 Å². The van der Waals surface area contributed by atoms with E-state index in [2.05, 4.69) is 5.32 Å². The van der Waals surface area contributed by atoms with Crippen molar-refractivity contribution >= 4 is 38.7 Å². The Kier molecular flexibility index (Phi) is 4.98. The number of rotatable bonds is 5. The highest BCUT2D eigenvalue weighted by atomic mass is 35.5. The minimum Gasteiger partial charge on any atom is -0.397 e. The highest BCUT2D eigenvalue weighted by Gasteiger charge is 2.12. The van der Waals surface area contributed by atoms with Gasteiger partial charge in [-0.15, -0.1) is 0 Å². The molecule has 0 aliphatic rings. The number of nitrogen functional groups attached to an aromatic ring is 1. The Hall–Kier alpha value is -1.27. The van der Waals surface area contributed by atoms with Gasteiger partial charge in [-0.2, -0.15) is 0 Å². The van der Waals surface area contributed by atoms with Gasteiger partial charge >= 0.3 is 0 Å². The van der Waals surface area contributed by atoms with Crippen molar-refractivity contribution in [1.29, 1.82) is 0 Å². The summed E-state index contributed by atoms with van der Waals surface area (Å²) in [6, 6.07) is 4.69. The smallest absolute Gasteiger partial charge is 0.225 e. The van der Waals surface area contributed by atoms with E-state index >= 15 is 0 Å². The first-order valence-electron chi connectivity index (χ1n) is 5.39. The summed E-state index contributed by atoms with van der Waals surface area (Å²) in [4.78, 5) is 11.6. The molecule has 0 fully saturated rings. The number of benzene rings is 1. The van der Waals surface area contributed by atoms with E-state index in [9.17, 15) is 13.2 Å². The van der Waals surface area contributed by atoms with Crippen LogP contribution in [0, 0.1) is 0 Å². The Morgan fingerprint density at radius 2 is 2.11 bits per heavy atom. The molecule has 0 aliphatic heterocycles. The summed E-state index contributed by atoms with van der Waals surface area (Å²) in [5.41, 5.74) is 6.43. The average Bonchev–Trinajstić information content (AvgIpc) is 2.31. The fraction of sp³-hybridized carbons (Fsp3) is 0.364. The zero-order chi connectivity index (χ0) is 13.8. The first-order valence-corrected chi connectivity index (χ1v) is 7.59. The summed E-state index contributed by atoms with van der Waals surface area (Å²) in [6.07, 6.45) is -0.0951. The Morgan fingerprint density at radius 3 is 2.72 bits per heavy atom. The highest BCUT2D eigenvalue weighted by Crippen LogP contribution is 2.22. The number of halogens is 1. The number of nitrogens with one attached hydrogen (secondary N) is 1. The van der Waals surface area contributed by atoms with Crippen molar-refractivity contribution in [2.45, 2.75) is 13.3 Å². The van der Waals surface area contributed by atoms with Crippen molar-refractivity contribution in [3.05, 3.63) is 23.2 Å². The molecule has 7 heteroatoms. The molecule has 0 aliphatic carbocycles. The van der Waals surface area contributed by atoms with Gasteiger partial charge in [0.1, 0.15) is 0 Å². The number of hydrogen-bond acceptors (Lipinski definition) is 4. The van der Waals surface area contributed by atoms with Gasteiger partial charge in [0.15, 0.2) is 9.84 Å². The minimum absolute atomic E-state index is 0.0274. The quantitative estimate of drug-likeness (QED) is 0.808. The predicted molar refractivity (Wildman–Crippen MR) is 73.4 cm³/mol. The normalized spacial score (nSPS) is 11.2. The molecular weight excluding hydrogens is 276 g/mol. The van der Waals surface area contributed by atoms with E-state index in [0.29, 0.717) is 16.4 Å². The minimum atomic E-state index is -3.14. The standard InChI is InChI=1S/C11H15ClN2O3S/c1-2-18(16,17)6-5-11(15)14-10-7-8(12)3-4-9(10)13/h3-4,7H,2,5-6,13H2,1H3,(H,14,15). The number of sulfone groups is 1. The molecule has 0 saturated carbocycles. The number of carbonyl (C=O) groups is 1. The first kappa shape index (κ1) is 14.8. The van der Waals surface area contributed by atoms with Crippen LogP contribution in [0.25, 0.3) is 0 Å². The van der Waals surface area contributed by atoms with Gasteiger partial charge in [-0.3, -0.25) is 4.79 Å². The number of nitrogens with two attached hydrogens (primary N) is 1. The van der Waals surface area contributed by atoms with Crippen molar-refractivity contribution in [1.82, 2.24) is 0 Å². The molecule has 0 radical (unpaired) electrons. The van der Waals surface area contributed by atoms with Crippen molar-refractivity contribution < 1.29 is 13.2 Å². The van der Waals surface area contributed by atoms with E-state index in [4.69, 9.17) is 17.3 Å². The summed E-state index contributed by atoms with van der Waals surface area (Å²) in [6.45, 7) is 1.54. The number of hydrogen-bond donors (Lipinski definition) is 2. The van der Waals surface area contributed by atoms with Gasteiger partial charge in [0, 0.05) is 17.2 Å². The van der Waals surface area contributed by atoms with Gasteiger partial charge in [0.05, 0.1) is 17.1 Å². The molecule has 5 nitrogen and oxygen atoms in total. The maximum atomic E-state index is 11.6. The molecule has 1 aromatic carbocycles. The summed E-state index contributed by atoms with van der Waals surface area (Å²) < 4.78 is 22.5. The van der Waals surface area contributed by atoms with E-state index in [1.165, 1.54) is 6.07 Å². The molecule has 18 heavy (non-hydrogen) atoms. The van der Waals surface area contributed by atoms with E-state index < -0.39 is 15.7 Å². The van der Waals surface area contributed by atoms with Crippen LogP contribution >= 0.6 is 11.6 Å². The largest absolute Gasteiger partial charge is 0.397 e. The third-order valence-corrected chi connectivity index (χ3v) is 4.31. The van der Waals surface area contributed by atoms with Gasteiger partial charge in [-0.25, -0.2) is 8.42 Å². The van der Waals surface area contributed by atoms with Crippen LogP contribution in [-0.4, -0.2) is 25.8 Å². The van der Waals surface area contributed by atoms with E-state index in [1.54, 1.807) is 19.1 Å². The van der Waals surface area contributed by atoms with Crippen LogP contribution < -0.4 is 11.1 Å². The molecule has 100 valence electrons. The van der Waals surface area contributed by atoms with Crippen molar-refractivity contribution in [3.8, 4) is 0 Å². The van der Waals surface area contributed by atoms with Crippen molar-refractivity contribution in [2.75, 3.05) is 22.6 Å². The van der Waals surface area contributed by atoms with Crippen LogP contribution in [0.4, 0.5) is 11.4 Å². The molecule has 0 bridgehead atoms. The van der Waals surface area contributed by atoms with Crippen molar-refractivity contribution in [3.63, 3.8) is 0 Å². The number of carbonyl (C=O) groups excluding carboxylic acids is 1. The molecule has 0 spiro atoms. The van der Waals surface area contributed by atoms with Crippen LogP contribution in [0.2, 0.25) is 5.02 Å². The zero-order valence-corrected chi connectivity index (χ0v) is 11.5. The lowest BCUT2D eigenvalue weighted by Crippen LogP contribution is -2.18. The molecule has 1 rings (SSSR count). The second-order valence-corrected chi connectivity index (χ2v) is 6.68. The maximum absolute atomic E-state index is 11.6. The van der Waals surface area contributed by atoms with Crippen LogP contribution in [0.1, 0.15) is 13.3 Å². The van der Waals surface area contributed by atoms with Crippen molar-refractivity contribution in [2.24, 2.45) is 0 Å². The monoisotopic (exact) mass is 290 g/mol. The lowest BCUT2D eigenvalue weighted by molar-refractivity contribution is -0.115. The van der Waals surface area contributed by atoms with Crippen LogP contribution in [0.5, 0.6) is 0 Å². The molecule has 0 aromatic heterocycles. The first-order chi connectivity index (χ1) is 8.34. The van der Waals surface area contributed by atoms with E-state index in [1.807, 2.05) is 0 Å². The second-order valence-electron chi connectivity index (χ2n) is 3.77. The molecule has 0 unspecified atom stereocenters. The summed E-state index contributed by atoms with van der Waals surface area (Å²) in [5, 5.41) is 2.98. The van der Waals surface area contributed by atoms with E-state index in [-0.39, 0.29) is 17.9 Å². The highest BCUT2D eigenvalue weighted by molar-refractivity contribution is 7.91. The Morgan fingerprint density at radius 1 is 1.44 bits per heavy atom. The lowest BCUT2D eigenvalue weighted by Gasteiger charge is -2.08. The summed E-state index contributed by atoms with van der Waals surface area (Å²) in [7, 11) is -3.14. The van der Waals surface area contributed by atoms with Crippen LogP contribution in [-0.2, 0) is 14.6 Å². The third-order valence-electron chi connectivity index (χ3n) is 2.37. The van der Waals surface area contributed by atoms with Crippen LogP contribution in [0.15, 0.2) is 18.2 Å². The van der Waals surface area contributed by atoms with Gasteiger partial charge in [0.25, 0.3) is 0 Å². The molecule has 3 N–H and O–H groups in total. The fourth-order valence-electron chi connectivity index (χ4n) is 1.24. The summed E-state index contributed by atoms with van der Waals surface area (Å²) in [5.74, 6) is -0.545. The molecule has 1 aromatic rings. The molecule has 0 saturated heterocycles. The molecular formula is C11H15ClN2O3S. The van der Waals surface area contributed by atoms with Gasteiger partial charge < -0.3 is 11.1 Å². The average molecular weight is 291 g/mol. The lowest BCUT2D eigenvalue weighted by atomic mass is 10.2. The molecule has 1 amide bonds. The SMILES string of the molecule is CCS(=O)(=O)CCC(=O)Nc1cc(Cl)ccc1N. The zero-order valence-electron chi connectivity index (χ0n) is 9.94. The Bertz CT molecular complexity index is 543. The van der Waals surface area contributed by atoms with Gasteiger partial charge in [-0.1, -0.05) is 18.5 Å². The molecule has 0 atom stereocenters. The predicted octanol–water partition coefficient (Wildman–Crippen LogP) is 1.69.